The maximum Gasteiger partial charge on any atom is 0.309 e. The van der Waals surface area contributed by atoms with Gasteiger partial charge in [0.2, 0.25) is 0 Å². The second kappa shape index (κ2) is 2.98. The van der Waals surface area contributed by atoms with Gasteiger partial charge in [-0.1, -0.05) is 5.57 Å². The lowest BCUT2D eigenvalue weighted by atomic mass is 9.76. The molecule has 0 aromatic rings. The van der Waals surface area contributed by atoms with E-state index in [9.17, 15) is 9.59 Å². The van der Waals surface area contributed by atoms with Crippen LogP contribution in [0.3, 0.4) is 0 Å². The molecule has 0 aromatic heterocycles. The number of hydrogen-bond acceptors (Lipinski definition) is 2. The van der Waals surface area contributed by atoms with Gasteiger partial charge in [-0.25, -0.2) is 0 Å². The monoisotopic (exact) mass is 182 g/mol. The van der Waals surface area contributed by atoms with Gasteiger partial charge in [-0.05, 0) is 33.3 Å². The summed E-state index contributed by atoms with van der Waals surface area (Å²) < 4.78 is 0. The summed E-state index contributed by atoms with van der Waals surface area (Å²) in [6.45, 7) is 5.06. The topological polar surface area (TPSA) is 54.4 Å². The zero-order valence-electron chi connectivity index (χ0n) is 8.13. The molecule has 0 fully saturated rings. The van der Waals surface area contributed by atoms with Gasteiger partial charge in [-0.2, -0.15) is 0 Å². The number of ketones is 1. The summed E-state index contributed by atoms with van der Waals surface area (Å²) in [7, 11) is 0. The number of carboxylic acids is 1. The molecule has 1 atom stereocenters. The van der Waals surface area contributed by atoms with E-state index in [1.54, 1.807) is 19.9 Å². The van der Waals surface area contributed by atoms with Crippen molar-refractivity contribution in [3.05, 3.63) is 11.6 Å². The predicted octanol–water partition coefficient (Wildman–Crippen LogP) is 1.63. The third-order valence-electron chi connectivity index (χ3n) is 2.68. The van der Waals surface area contributed by atoms with Crippen LogP contribution in [-0.2, 0) is 9.59 Å². The number of carbonyl (C=O) groups excluding carboxylic acids is 1. The van der Waals surface area contributed by atoms with Crippen LogP contribution < -0.4 is 0 Å². The van der Waals surface area contributed by atoms with Crippen LogP contribution in [0.15, 0.2) is 11.6 Å². The minimum absolute atomic E-state index is 0.0510. The molecule has 0 spiro atoms. The Morgan fingerprint density at radius 2 is 2.15 bits per heavy atom. The molecule has 72 valence electrons. The molecule has 0 saturated carbocycles. The minimum Gasteiger partial charge on any atom is -0.481 e. The Labute approximate surface area is 77.4 Å². The second-order valence-electron chi connectivity index (χ2n) is 4.18. The molecule has 0 radical (unpaired) electrons. The van der Waals surface area contributed by atoms with Gasteiger partial charge in [0.1, 0.15) is 0 Å². The quantitative estimate of drug-likeness (QED) is 0.706. The highest BCUT2D eigenvalue weighted by atomic mass is 16.4. The van der Waals surface area contributed by atoms with Crippen LogP contribution in [0.5, 0.6) is 0 Å². The number of allylic oxidation sites excluding steroid dienone is 2. The van der Waals surface area contributed by atoms with Crippen LogP contribution in [0.2, 0.25) is 0 Å². The fraction of sp³-hybridized carbons (Fsp3) is 0.600. The van der Waals surface area contributed by atoms with Crippen LogP contribution in [-0.4, -0.2) is 16.9 Å². The first-order valence-electron chi connectivity index (χ1n) is 4.30. The Hall–Kier alpha value is -1.12. The molecule has 0 aromatic carbocycles. The number of hydrogen-bond donors (Lipinski definition) is 1. The highest BCUT2D eigenvalue weighted by molar-refractivity contribution is 5.98. The van der Waals surface area contributed by atoms with E-state index in [-0.39, 0.29) is 11.7 Å². The van der Waals surface area contributed by atoms with E-state index in [1.165, 1.54) is 0 Å². The Kier molecular flexibility index (Phi) is 2.28. The highest BCUT2D eigenvalue weighted by Crippen LogP contribution is 2.36. The molecule has 1 rings (SSSR count). The van der Waals surface area contributed by atoms with Crippen LogP contribution >= 0.6 is 0 Å². The molecule has 1 N–H and O–H groups in total. The van der Waals surface area contributed by atoms with E-state index in [2.05, 4.69) is 0 Å². The third kappa shape index (κ3) is 1.64. The first kappa shape index (κ1) is 9.96. The second-order valence-corrected chi connectivity index (χ2v) is 4.18. The fourth-order valence-electron chi connectivity index (χ4n) is 1.58. The zero-order valence-corrected chi connectivity index (χ0v) is 8.13. The van der Waals surface area contributed by atoms with Crippen molar-refractivity contribution in [3.8, 4) is 0 Å². The first-order chi connectivity index (χ1) is 5.85. The van der Waals surface area contributed by atoms with E-state index >= 15 is 0 Å². The van der Waals surface area contributed by atoms with Crippen molar-refractivity contribution in [1.82, 2.24) is 0 Å². The van der Waals surface area contributed by atoms with Crippen molar-refractivity contribution in [2.75, 3.05) is 0 Å². The van der Waals surface area contributed by atoms with Crippen LogP contribution in [0.4, 0.5) is 0 Å². The summed E-state index contributed by atoms with van der Waals surface area (Å²) in [5.41, 5.74) is 0.0232. The average molecular weight is 182 g/mol. The third-order valence-corrected chi connectivity index (χ3v) is 2.68. The number of aliphatic carboxylic acids is 1. The Morgan fingerprint density at radius 1 is 1.62 bits per heavy atom. The van der Waals surface area contributed by atoms with E-state index in [0.717, 1.165) is 5.57 Å². The molecule has 3 heteroatoms. The molecule has 0 heterocycles. The number of carboxylic acid groups (broad SMARTS) is 1. The van der Waals surface area contributed by atoms with Crippen molar-refractivity contribution < 1.29 is 14.7 Å². The van der Waals surface area contributed by atoms with Crippen molar-refractivity contribution in [1.29, 1.82) is 0 Å². The number of carbonyl (C=O) groups is 2. The smallest absolute Gasteiger partial charge is 0.309 e. The molecule has 1 unspecified atom stereocenters. The summed E-state index contributed by atoms with van der Waals surface area (Å²) in [6, 6.07) is 0. The largest absolute Gasteiger partial charge is 0.481 e. The Balaban J connectivity index is 2.88. The van der Waals surface area contributed by atoms with E-state index < -0.39 is 11.4 Å². The summed E-state index contributed by atoms with van der Waals surface area (Å²) >= 11 is 0. The van der Waals surface area contributed by atoms with Gasteiger partial charge < -0.3 is 5.11 Å². The molecule has 13 heavy (non-hydrogen) atoms. The van der Waals surface area contributed by atoms with Crippen LogP contribution in [0.25, 0.3) is 0 Å². The normalized spacial score (nSPS) is 23.2. The molecule has 0 amide bonds. The molecule has 1 aliphatic rings. The fourth-order valence-corrected chi connectivity index (χ4v) is 1.58. The summed E-state index contributed by atoms with van der Waals surface area (Å²) in [6.07, 6.45) is 2.13. The maximum atomic E-state index is 11.4. The standard InChI is InChI=1S/C10H14O3/c1-6-4-7(8(11)5-6)10(2,3)9(12)13/h5,7H,4H2,1-3H3,(H,12,13). The summed E-state index contributed by atoms with van der Waals surface area (Å²) in [5, 5.41) is 8.93. The molecule has 0 bridgehead atoms. The van der Waals surface area contributed by atoms with Crippen molar-refractivity contribution in [2.45, 2.75) is 27.2 Å². The van der Waals surface area contributed by atoms with E-state index in [0.29, 0.717) is 6.42 Å². The summed E-state index contributed by atoms with van der Waals surface area (Å²) in [5.74, 6) is -1.34. The molecule has 0 aliphatic heterocycles. The average Bonchev–Trinajstić information content (AvgIpc) is 2.30. The van der Waals surface area contributed by atoms with Crippen molar-refractivity contribution >= 4 is 11.8 Å². The molecule has 3 nitrogen and oxygen atoms in total. The lowest BCUT2D eigenvalue weighted by Crippen LogP contribution is -2.35. The molecule has 1 aliphatic carbocycles. The van der Waals surface area contributed by atoms with Crippen LogP contribution in [0.1, 0.15) is 27.2 Å². The lowest BCUT2D eigenvalue weighted by Gasteiger charge is -2.25. The Morgan fingerprint density at radius 3 is 2.46 bits per heavy atom. The number of rotatable bonds is 2. The minimum atomic E-state index is -0.953. The predicted molar refractivity (Wildman–Crippen MR) is 48.3 cm³/mol. The SMILES string of the molecule is CC1=CC(=O)C(C(C)(C)C(=O)O)C1. The van der Waals surface area contributed by atoms with Crippen molar-refractivity contribution in [2.24, 2.45) is 11.3 Å². The van der Waals surface area contributed by atoms with Crippen LogP contribution in [0, 0.1) is 11.3 Å². The molecule has 0 saturated heterocycles. The van der Waals surface area contributed by atoms with Gasteiger partial charge in [-0.3, -0.25) is 9.59 Å². The van der Waals surface area contributed by atoms with Gasteiger partial charge in [0.15, 0.2) is 5.78 Å². The molecular formula is C10H14O3. The van der Waals surface area contributed by atoms with Gasteiger partial charge >= 0.3 is 5.97 Å². The van der Waals surface area contributed by atoms with E-state index in [1.807, 2.05) is 6.92 Å². The van der Waals surface area contributed by atoms with Gasteiger partial charge in [0.25, 0.3) is 0 Å². The van der Waals surface area contributed by atoms with Gasteiger partial charge in [0.05, 0.1) is 5.41 Å². The van der Waals surface area contributed by atoms with Crippen molar-refractivity contribution in [3.63, 3.8) is 0 Å². The molecular weight excluding hydrogens is 168 g/mol. The summed E-state index contributed by atoms with van der Waals surface area (Å²) in [4.78, 5) is 22.3. The Bertz CT molecular complexity index is 287. The van der Waals surface area contributed by atoms with E-state index in [4.69, 9.17) is 5.11 Å². The highest BCUT2D eigenvalue weighted by Gasteiger charge is 2.42. The van der Waals surface area contributed by atoms with Gasteiger partial charge in [-0.15, -0.1) is 0 Å². The maximum absolute atomic E-state index is 11.4. The zero-order chi connectivity index (χ0) is 10.2. The van der Waals surface area contributed by atoms with Gasteiger partial charge in [0, 0.05) is 5.92 Å². The first-order valence-corrected chi connectivity index (χ1v) is 4.30. The lowest BCUT2D eigenvalue weighted by molar-refractivity contribution is -0.152.